The normalized spacial score (nSPS) is 32.9. The van der Waals surface area contributed by atoms with Crippen molar-refractivity contribution in [3.8, 4) is 0 Å². The Morgan fingerprint density at radius 1 is 1.33 bits per heavy atom. The summed E-state index contributed by atoms with van der Waals surface area (Å²) >= 11 is 0. The predicted molar refractivity (Wildman–Crippen MR) is 74.4 cm³/mol. The van der Waals surface area contributed by atoms with Crippen LogP contribution in [0.4, 0.5) is 0 Å². The zero-order valence-corrected chi connectivity index (χ0v) is 12.1. The third kappa shape index (κ3) is 2.71. The van der Waals surface area contributed by atoms with E-state index in [1.54, 1.807) is 0 Å². The van der Waals surface area contributed by atoms with E-state index in [1.807, 2.05) is 0 Å². The molecule has 1 aliphatic heterocycles. The van der Waals surface area contributed by atoms with Crippen molar-refractivity contribution in [1.29, 1.82) is 0 Å². The van der Waals surface area contributed by atoms with E-state index in [1.165, 1.54) is 25.7 Å². The van der Waals surface area contributed by atoms with Crippen molar-refractivity contribution in [2.45, 2.75) is 77.4 Å². The van der Waals surface area contributed by atoms with Crippen molar-refractivity contribution >= 4 is 5.91 Å². The smallest absolute Gasteiger partial charge is 0.239 e. The monoisotopic (exact) mass is 252 g/mol. The highest BCUT2D eigenvalue weighted by atomic mass is 16.2. The maximum Gasteiger partial charge on any atom is 0.239 e. The molecule has 2 fully saturated rings. The van der Waals surface area contributed by atoms with Gasteiger partial charge in [-0.05, 0) is 45.4 Å². The first kappa shape index (κ1) is 13.9. The van der Waals surface area contributed by atoms with Crippen LogP contribution in [0, 0.1) is 5.92 Å². The molecule has 2 aliphatic rings. The zero-order valence-electron chi connectivity index (χ0n) is 12.1. The van der Waals surface area contributed by atoms with Crippen molar-refractivity contribution in [1.82, 2.24) is 10.2 Å². The van der Waals surface area contributed by atoms with Gasteiger partial charge in [-0.3, -0.25) is 4.79 Å². The first-order valence-electron chi connectivity index (χ1n) is 7.73. The quantitative estimate of drug-likeness (QED) is 0.834. The summed E-state index contributed by atoms with van der Waals surface area (Å²) in [6, 6.07) is 1.07. The lowest BCUT2D eigenvalue weighted by atomic mass is 9.85. The van der Waals surface area contributed by atoms with Crippen molar-refractivity contribution in [3.05, 3.63) is 0 Å². The molecule has 0 spiro atoms. The number of carbonyl (C=O) groups excluding carboxylic acids is 1. The van der Waals surface area contributed by atoms with E-state index in [0.29, 0.717) is 18.0 Å². The van der Waals surface area contributed by atoms with Crippen LogP contribution in [0.3, 0.4) is 0 Å². The lowest BCUT2D eigenvalue weighted by Gasteiger charge is -2.30. The first-order valence-corrected chi connectivity index (χ1v) is 7.73. The number of nitrogens with zero attached hydrogens (tertiary/aromatic N) is 1. The number of hydrogen-bond donors (Lipinski definition) is 1. The SMILES string of the molecule is CCC(C)N(CC)C(=O)C1CC2CCCCC2N1. The molecule has 18 heavy (non-hydrogen) atoms. The molecule has 1 amide bonds. The fourth-order valence-corrected chi connectivity index (χ4v) is 3.62. The fourth-order valence-electron chi connectivity index (χ4n) is 3.62. The molecule has 4 atom stereocenters. The van der Waals surface area contributed by atoms with E-state index >= 15 is 0 Å². The highest BCUT2D eigenvalue weighted by molar-refractivity contribution is 5.82. The van der Waals surface area contributed by atoms with Crippen LogP contribution in [0.1, 0.15) is 59.3 Å². The minimum atomic E-state index is 0.0899. The molecule has 0 aromatic heterocycles. The second-order valence-corrected chi connectivity index (χ2v) is 5.99. The molecule has 3 nitrogen and oxygen atoms in total. The van der Waals surface area contributed by atoms with E-state index in [0.717, 1.165) is 25.3 Å². The zero-order chi connectivity index (χ0) is 13.1. The van der Waals surface area contributed by atoms with Crippen LogP contribution in [-0.4, -0.2) is 35.5 Å². The summed E-state index contributed by atoms with van der Waals surface area (Å²) in [5.41, 5.74) is 0. The molecule has 3 heteroatoms. The summed E-state index contributed by atoms with van der Waals surface area (Å²) < 4.78 is 0. The molecule has 4 unspecified atom stereocenters. The molecule has 1 N–H and O–H groups in total. The largest absolute Gasteiger partial charge is 0.339 e. The number of carbonyl (C=O) groups is 1. The van der Waals surface area contributed by atoms with E-state index in [-0.39, 0.29) is 6.04 Å². The van der Waals surface area contributed by atoms with Gasteiger partial charge in [0.1, 0.15) is 0 Å². The maximum atomic E-state index is 12.6. The van der Waals surface area contributed by atoms with Crippen molar-refractivity contribution in [3.63, 3.8) is 0 Å². The van der Waals surface area contributed by atoms with Gasteiger partial charge in [0.2, 0.25) is 5.91 Å². The van der Waals surface area contributed by atoms with Gasteiger partial charge in [-0.2, -0.15) is 0 Å². The van der Waals surface area contributed by atoms with Gasteiger partial charge >= 0.3 is 0 Å². The molecule has 2 rings (SSSR count). The van der Waals surface area contributed by atoms with E-state index in [9.17, 15) is 4.79 Å². The molecular formula is C15H28N2O. The van der Waals surface area contributed by atoms with E-state index in [4.69, 9.17) is 0 Å². The Balaban J connectivity index is 1.97. The molecule has 1 heterocycles. The molecule has 1 saturated carbocycles. The van der Waals surface area contributed by atoms with Crippen LogP contribution in [0.15, 0.2) is 0 Å². The Bertz CT molecular complexity index is 278. The van der Waals surface area contributed by atoms with Gasteiger partial charge in [-0.25, -0.2) is 0 Å². The summed E-state index contributed by atoms with van der Waals surface area (Å²) in [6.07, 6.45) is 7.38. The molecule has 104 valence electrons. The fraction of sp³-hybridized carbons (Fsp3) is 0.933. The molecule has 1 saturated heterocycles. The summed E-state index contributed by atoms with van der Waals surface area (Å²) in [4.78, 5) is 14.6. The Kier molecular flexibility index (Phi) is 4.66. The maximum absolute atomic E-state index is 12.6. The Morgan fingerprint density at radius 3 is 2.67 bits per heavy atom. The summed E-state index contributed by atoms with van der Waals surface area (Å²) in [5.74, 6) is 1.09. The van der Waals surface area contributed by atoms with Crippen LogP contribution in [0.25, 0.3) is 0 Å². The van der Waals surface area contributed by atoms with Gasteiger partial charge in [0, 0.05) is 18.6 Å². The highest BCUT2D eigenvalue weighted by Crippen LogP contribution is 2.33. The van der Waals surface area contributed by atoms with Gasteiger partial charge in [0.05, 0.1) is 6.04 Å². The highest BCUT2D eigenvalue weighted by Gasteiger charge is 2.39. The van der Waals surface area contributed by atoms with Crippen LogP contribution >= 0.6 is 0 Å². The van der Waals surface area contributed by atoms with Crippen LogP contribution in [0.5, 0.6) is 0 Å². The number of likely N-dealkylation sites (N-methyl/N-ethyl adjacent to an activating group) is 1. The number of fused-ring (bicyclic) bond motifs is 1. The number of nitrogens with one attached hydrogen (secondary N) is 1. The van der Waals surface area contributed by atoms with Crippen molar-refractivity contribution < 1.29 is 4.79 Å². The Morgan fingerprint density at radius 2 is 2.06 bits per heavy atom. The Labute approximate surface area is 111 Å². The van der Waals surface area contributed by atoms with Crippen LogP contribution in [-0.2, 0) is 4.79 Å². The molecule has 1 aliphatic carbocycles. The van der Waals surface area contributed by atoms with Crippen molar-refractivity contribution in [2.24, 2.45) is 5.92 Å². The van der Waals surface area contributed by atoms with Gasteiger partial charge in [0.15, 0.2) is 0 Å². The number of hydrogen-bond acceptors (Lipinski definition) is 2. The predicted octanol–water partition coefficient (Wildman–Crippen LogP) is 2.55. The lowest BCUT2D eigenvalue weighted by Crippen LogP contribution is -2.48. The van der Waals surface area contributed by atoms with E-state index in [2.05, 4.69) is 31.0 Å². The minimum absolute atomic E-state index is 0.0899. The van der Waals surface area contributed by atoms with Crippen LogP contribution < -0.4 is 5.32 Å². The lowest BCUT2D eigenvalue weighted by molar-refractivity contribution is -0.135. The third-order valence-electron chi connectivity index (χ3n) is 4.91. The molecule has 0 radical (unpaired) electrons. The number of amides is 1. The second-order valence-electron chi connectivity index (χ2n) is 5.99. The van der Waals surface area contributed by atoms with Gasteiger partial charge < -0.3 is 10.2 Å². The summed E-state index contributed by atoms with van der Waals surface area (Å²) in [7, 11) is 0. The van der Waals surface area contributed by atoms with Crippen LogP contribution in [0.2, 0.25) is 0 Å². The first-order chi connectivity index (χ1) is 8.67. The molecule has 0 aromatic rings. The summed E-state index contributed by atoms with van der Waals surface area (Å²) in [6.45, 7) is 7.24. The molecule has 0 aromatic carbocycles. The van der Waals surface area contributed by atoms with E-state index < -0.39 is 0 Å². The average Bonchev–Trinajstić information content (AvgIpc) is 2.82. The topological polar surface area (TPSA) is 32.3 Å². The van der Waals surface area contributed by atoms with Gasteiger partial charge in [-0.15, -0.1) is 0 Å². The molecular weight excluding hydrogens is 224 g/mol. The van der Waals surface area contributed by atoms with Gasteiger partial charge in [0.25, 0.3) is 0 Å². The number of rotatable bonds is 4. The average molecular weight is 252 g/mol. The second kappa shape index (κ2) is 6.05. The van der Waals surface area contributed by atoms with Crippen molar-refractivity contribution in [2.75, 3.05) is 6.54 Å². The van der Waals surface area contributed by atoms with Gasteiger partial charge in [-0.1, -0.05) is 19.8 Å². The Hall–Kier alpha value is -0.570. The third-order valence-corrected chi connectivity index (χ3v) is 4.91. The standard InChI is InChI=1S/C15H28N2O/c1-4-11(3)17(5-2)15(18)14-10-12-8-6-7-9-13(12)16-14/h11-14,16H,4-10H2,1-3H3. The minimum Gasteiger partial charge on any atom is -0.339 e. The molecule has 0 bridgehead atoms. The summed E-state index contributed by atoms with van der Waals surface area (Å²) in [5, 5.41) is 3.60.